The molecule has 0 spiro atoms. The zero-order chi connectivity index (χ0) is 21.1. The van der Waals surface area contributed by atoms with Gasteiger partial charge in [0.1, 0.15) is 5.82 Å². The fraction of sp³-hybridized carbons (Fsp3) is 0.333. The van der Waals surface area contributed by atoms with E-state index < -0.39 is 0 Å². The number of halogens is 1. The van der Waals surface area contributed by atoms with Gasteiger partial charge in [0, 0.05) is 18.3 Å². The fourth-order valence-corrected chi connectivity index (χ4v) is 3.88. The lowest BCUT2D eigenvalue weighted by atomic mass is 9.97. The van der Waals surface area contributed by atoms with E-state index in [4.69, 9.17) is 23.8 Å². The molecule has 1 aromatic carbocycles. The first-order valence-electron chi connectivity index (χ1n) is 9.86. The van der Waals surface area contributed by atoms with Gasteiger partial charge >= 0.3 is 0 Å². The minimum atomic E-state index is -0.107. The van der Waals surface area contributed by atoms with Gasteiger partial charge in [-0.1, -0.05) is 41.4 Å². The predicted octanol–water partition coefficient (Wildman–Crippen LogP) is 4.27. The summed E-state index contributed by atoms with van der Waals surface area (Å²) < 4.78 is 2.36. The van der Waals surface area contributed by atoms with Crippen LogP contribution < -0.4 is 5.32 Å². The number of nitrogens with one attached hydrogen (secondary N) is 2. The smallest absolute Gasteiger partial charge is 0.229 e. The number of nitrogens with zero attached hydrogens (tertiary/aromatic N) is 4. The van der Waals surface area contributed by atoms with Crippen molar-refractivity contribution >= 4 is 35.5 Å². The second-order valence-electron chi connectivity index (χ2n) is 7.56. The van der Waals surface area contributed by atoms with E-state index in [2.05, 4.69) is 44.3 Å². The molecule has 1 amide bonds. The molecule has 1 aliphatic rings. The molecule has 1 fully saturated rings. The molecule has 1 aliphatic heterocycles. The van der Waals surface area contributed by atoms with Crippen molar-refractivity contribution in [2.45, 2.75) is 26.4 Å². The zero-order valence-corrected chi connectivity index (χ0v) is 18.2. The Balaban J connectivity index is 1.40. The Hall–Kier alpha value is -2.55. The second-order valence-corrected chi connectivity index (χ2v) is 8.36. The van der Waals surface area contributed by atoms with Crippen LogP contribution in [0.25, 0.3) is 11.4 Å². The Morgan fingerprint density at radius 2 is 2.10 bits per heavy atom. The molecule has 0 bridgehead atoms. The van der Waals surface area contributed by atoms with Gasteiger partial charge in [-0.15, -0.1) is 0 Å². The van der Waals surface area contributed by atoms with E-state index in [1.54, 1.807) is 12.1 Å². The van der Waals surface area contributed by atoms with Gasteiger partial charge in [0.15, 0.2) is 5.82 Å². The van der Waals surface area contributed by atoms with Crippen LogP contribution in [0.15, 0.2) is 42.6 Å². The lowest BCUT2D eigenvalue weighted by Crippen LogP contribution is -2.41. The molecule has 1 atom stereocenters. The topological polar surface area (TPSA) is 78.8 Å². The van der Waals surface area contributed by atoms with Crippen molar-refractivity contribution in [1.29, 1.82) is 0 Å². The van der Waals surface area contributed by atoms with Gasteiger partial charge in [-0.05, 0) is 50.7 Å². The molecule has 30 heavy (non-hydrogen) atoms. The SMILES string of the molecule is Cc1ccc(-c2nc(=S)n(CN3CCCC(C(=O)Nc4ccc(Cl)cn4)C3)[nH]2)cc1. The van der Waals surface area contributed by atoms with Crippen molar-refractivity contribution in [3.05, 3.63) is 58.0 Å². The van der Waals surface area contributed by atoms with Gasteiger partial charge in [-0.2, -0.15) is 4.98 Å². The molecule has 0 aliphatic carbocycles. The number of aryl methyl sites for hydroxylation is 1. The molecule has 2 N–H and O–H groups in total. The number of H-pyrrole nitrogens is 1. The van der Waals surface area contributed by atoms with Crippen LogP contribution in [0.5, 0.6) is 0 Å². The number of pyridine rings is 1. The number of hydrogen-bond acceptors (Lipinski definition) is 5. The summed E-state index contributed by atoms with van der Waals surface area (Å²) in [6.45, 7) is 4.18. The zero-order valence-electron chi connectivity index (χ0n) is 16.6. The number of aromatic amines is 1. The maximum absolute atomic E-state index is 12.7. The Bertz CT molecular complexity index is 1080. The third kappa shape index (κ3) is 4.95. The molecule has 4 rings (SSSR count). The number of piperidine rings is 1. The van der Waals surface area contributed by atoms with Crippen LogP contribution in [0.4, 0.5) is 5.82 Å². The van der Waals surface area contributed by atoms with Gasteiger partial charge in [-0.25, -0.2) is 9.67 Å². The Morgan fingerprint density at radius 1 is 1.30 bits per heavy atom. The highest BCUT2D eigenvalue weighted by Crippen LogP contribution is 2.20. The van der Waals surface area contributed by atoms with Crippen LogP contribution in [0, 0.1) is 17.6 Å². The third-order valence-electron chi connectivity index (χ3n) is 5.20. The van der Waals surface area contributed by atoms with Crippen molar-refractivity contribution in [1.82, 2.24) is 24.6 Å². The van der Waals surface area contributed by atoms with E-state index in [0.717, 1.165) is 30.8 Å². The average molecular weight is 443 g/mol. The number of rotatable bonds is 5. The first kappa shape index (κ1) is 20.7. The summed E-state index contributed by atoms with van der Waals surface area (Å²) >= 11 is 11.3. The Labute approximate surface area is 185 Å². The standard InChI is InChI=1S/C21H23ClN6OS/c1-14-4-6-15(7-5-14)19-25-21(30)28(26-19)13-27-10-2-3-16(12-27)20(29)24-18-9-8-17(22)11-23-18/h4-9,11,16H,2-3,10,12-13H2,1H3,(H,23,24,29)(H,25,26,30). The van der Waals surface area contributed by atoms with Crippen molar-refractivity contribution in [2.24, 2.45) is 5.92 Å². The molecule has 1 saturated heterocycles. The first-order chi connectivity index (χ1) is 14.5. The molecule has 3 aromatic rings. The Kier molecular flexibility index (Phi) is 6.26. The lowest BCUT2D eigenvalue weighted by molar-refractivity contribution is -0.121. The van der Waals surface area contributed by atoms with E-state index >= 15 is 0 Å². The minimum absolute atomic E-state index is 0.0249. The summed E-state index contributed by atoms with van der Waals surface area (Å²) in [6.07, 6.45) is 3.31. The average Bonchev–Trinajstić information content (AvgIpc) is 3.10. The molecular formula is C21H23ClN6OS. The van der Waals surface area contributed by atoms with Crippen molar-refractivity contribution in [3.63, 3.8) is 0 Å². The summed E-state index contributed by atoms with van der Waals surface area (Å²) in [7, 11) is 0. The van der Waals surface area contributed by atoms with E-state index in [-0.39, 0.29) is 11.8 Å². The predicted molar refractivity (Wildman–Crippen MR) is 120 cm³/mol. The van der Waals surface area contributed by atoms with Crippen molar-refractivity contribution in [2.75, 3.05) is 18.4 Å². The van der Waals surface area contributed by atoms with Crippen molar-refractivity contribution in [3.8, 4) is 11.4 Å². The van der Waals surface area contributed by atoms with E-state index in [1.807, 2.05) is 16.8 Å². The number of carbonyl (C=O) groups excluding carboxylic acids is 1. The molecule has 3 heterocycles. The fourth-order valence-electron chi connectivity index (χ4n) is 3.57. The van der Waals surface area contributed by atoms with Gasteiger partial charge in [0.25, 0.3) is 0 Å². The summed E-state index contributed by atoms with van der Waals surface area (Å²) in [4.78, 5) is 23.5. The quantitative estimate of drug-likeness (QED) is 0.577. The largest absolute Gasteiger partial charge is 0.310 e. The van der Waals surface area contributed by atoms with E-state index in [0.29, 0.717) is 28.8 Å². The molecule has 0 saturated carbocycles. The van der Waals surface area contributed by atoms with Crippen molar-refractivity contribution < 1.29 is 4.79 Å². The monoisotopic (exact) mass is 442 g/mol. The molecular weight excluding hydrogens is 420 g/mol. The van der Waals surface area contributed by atoms with Crippen LogP contribution >= 0.6 is 23.8 Å². The summed E-state index contributed by atoms with van der Waals surface area (Å²) in [5.74, 6) is 1.13. The Morgan fingerprint density at radius 3 is 2.83 bits per heavy atom. The lowest BCUT2D eigenvalue weighted by Gasteiger charge is -2.31. The molecule has 1 unspecified atom stereocenters. The summed E-state index contributed by atoms with van der Waals surface area (Å²) in [6, 6.07) is 11.6. The van der Waals surface area contributed by atoms with E-state index in [1.165, 1.54) is 11.8 Å². The van der Waals surface area contributed by atoms with Crippen LogP contribution in [0.2, 0.25) is 5.02 Å². The second kappa shape index (κ2) is 9.07. The van der Waals surface area contributed by atoms with Gasteiger partial charge < -0.3 is 5.32 Å². The maximum atomic E-state index is 12.7. The van der Waals surface area contributed by atoms with Crippen LogP contribution in [-0.4, -0.2) is 43.6 Å². The molecule has 7 nitrogen and oxygen atoms in total. The number of likely N-dealkylation sites (tertiary alicyclic amines) is 1. The number of carbonyl (C=O) groups is 1. The molecule has 2 aromatic heterocycles. The van der Waals surface area contributed by atoms with Gasteiger partial charge in [-0.3, -0.25) is 14.8 Å². The third-order valence-corrected chi connectivity index (χ3v) is 5.74. The summed E-state index contributed by atoms with van der Waals surface area (Å²) in [5, 5.41) is 6.71. The number of benzene rings is 1. The highest BCUT2D eigenvalue weighted by atomic mass is 35.5. The molecule has 156 valence electrons. The van der Waals surface area contributed by atoms with Gasteiger partial charge in [0.2, 0.25) is 10.7 Å². The minimum Gasteiger partial charge on any atom is -0.310 e. The maximum Gasteiger partial charge on any atom is 0.229 e. The normalized spacial score (nSPS) is 17.1. The molecule has 0 radical (unpaired) electrons. The molecule has 9 heteroatoms. The number of amides is 1. The number of hydrogen-bond donors (Lipinski definition) is 2. The number of anilines is 1. The van der Waals surface area contributed by atoms with Crippen LogP contribution in [-0.2, 0) is 11.5 Å². The van der Waals surface area contributed by atoms with Gasteiger partial charge in [0.05, 0.1) is 17.6 Å². The number of aromatic nitrogens is 4. The first-order valence-corrected chi connectivity index (χ1v) is 10.7. The van der Waals surface area contributed by atoms with Crippen LogP contribution in [0.3, 0.4) is 0 Å². The van der Waals surface area contributed by atoms with E-state index in [9.17, 15) is 4.79 Å². The van der Waals surface area contributed by atoms with Crippen LogP contribution in [0.1, 0.15) is 18.4 Å². The summed E-state index contributed by atoms with van der Waals surface area (Å²) in [5.41, 5.74) is 2.19. The highest BCUT2D eigenvalue weighted by Gasteiger charge is 2.26. The highest BCUT2D eigenvalue weighted by molar-refractivity contribution is 7.71.